The van der Waals surface area contributed by atoms with Crippen molar-refractivity contribution in [3.8, 4) is 0 Å². The SMILES string of the molecule is Cn1nccc1S(=O)(=O)Nc1cc(N)ccc1Cl. The van der Waals surface area contributed by atoms with Crippen molar-refractivity contribution in [3.05, 3.63) is 35.5 Å². The van der Waals surface area contributed by atoms with Crippen LogP contribution in [0.3, 0.4) is 0 Å². The van der Waals surface area contributed by atoms with E-state index in [1.54, 1.807) is 6.07 Å². The molecule has 0 unspecified atom stereocenters. The lowest BCUT2D eigenvalue weighted by Gasteiger charge is -2.10. The van der Waals surface area contributed by atoms with Gasteiger partial charge in [-0.15, -0.1) is 0 Å². The van der Waals surface area contributed by atoms with Crippen LogP contribution in [0, 0.1) is 0 Å². The molecule has 1 aromatic heterocycles. The minimum absolute atomic E-state index is 0.0426. The van der Waals surface area contributed by atoms with Crippen molar-refractivity contribution in [1.29, 1.82) is 0 Å². The van der Waals surface area contributed by atoms with E-state index < -0.39 is 10.0 Å². The minimum Gasteiger partial charge on any atom is -0.399 e. The van der Waals surface area contributed by atoms with Gasteiger partial charge in [-0.05, 0) is 24.3 Å². The van der Waals surface area contributed by atoms with Crippen molar-refractivity contribution >= 4 is 33.0 Å². The minimum atomic E-state index is -3.73. The number of hydrogen-bond donors (Lipinski definition) is 2. The van der Waals surface area contributed by atoms with Crippen LogP contribution in [0.15, 0.2) is 35.5 Å². The van der Waals surface area contributed by atoms with Gasteiger partial charge in [-0.2, -0.15) is 13.5 Å². The second kappa shape index (κ2) is 4.51. The number of benzene rings is 1. The first-order valence-corrected chi connectivity index (χ1v) is 6.82. The first-order chi connectivity index (χ1) is 8.40. The molecule has 2 aromatic rings. The highest BCUT2D eigenvalue weighted by molar-refractivity contribution is 7.92. The Bertz CT molecular complexity index is 681. The molecule has 1 aromatic carbocycles. The quantitative estimate of drug-likeness (QED) is 0.836. The highest BCUT2D eigenvalue weighted by Gasteiger charge is 2.19. The van der Waals surface area contributed by atoms with Gasteiger partial charge in [0.25, 0.3) is 10.0 Å². The van der Waals surface area contributed by atoms with E-state index in [-0.39, 0.29) is 15.7 Å². The van der Waals surface area contributed by atoms with Crippen molar-refractivity contribution in [2.75, 3.05) is 10.5 Å². The van der Waals surface area contributed by atoms with Crippen molar-refractivity contribution in [2.24, 2.45) is 7.05 Å². The molecule has 96 valence electrons. The summed E-state index contributed by atoms with van der Waals surface area (Å²) < 4.78 is 27.8. The summed E-state index contributed by atoms with van der Waals surface area (Å²) in [5.41, 5.74) is 6.24. The topological polar surface area (TPSA) is 90.0 Å². The van der Waals surface area contributed by atoms with Gasteiger partial charge in [-0.25, -0.2) is 0 Å². The molecule has 6 nitrogen and oxygen atoms in total. The molecule has 0 aliphatic carbocycles. The van der Waals surface area contributed by atoms with Crippen LogP contribution >= 0.6 is 11.6 Å². The maximum Gasteiger partial charge on any atom is 0.279 e. The average Bonchev–Trinajstić information content (AvgIpc) is 2.70. The molecule has 0 spiro atoms. The molecule has 0 saturated heterocycles. The molecule has 8 heteroatoms. The monoisotopic (exact) mass is 286 g/mol. The van der Waals surface area contributed by atoms with Crippen LogP contribution in [0.4, 0.5) is 11.4 Å². The summed E-state index contributed by atoms with van der Waals surface area (Å²) in [4.78, 5) is 0. The fraction of sp³-hybridized carbons (Fsp3) is 0.100. The van der Waals surface area contributed by atoms with E-state index in [9.17, 15) is 8.42 Å². The van der Waals surface area contributed by atoms with E-state index in [1.165, 1.54) is 36.1 Å². The number of anilines is 2. The lowest BCUT2D eigenvalue weighted by Crippen LogP contribution is -2.17. The summed E-state index contributed by atoms with van der Waals surface area (Å²) in [5, 5.41) is 4.12. The molecule has 0 fully saturated rings. The van der Waals surface area contributed by atoms with E-state index >= 15 is 0 Å². The summed E-state index contributed by atoms with van der Waals surface area (Å²) in [6, 6.07) is 5.96. The van der Waals surface area contributed by atoms with Gasteiger partial charge in [-0.1, -0.05) is 11.6 Å². The Labute approximate surface area is 109 Å². The van der Waals surface area contributed by atoms with Gasteiger partial charge in [0.05, 0.1) is 16.9 Å². The molecule has 0 aliphatic rings. The molecule has 0 bridgehead atoms. The molecule has 0 radical (unpaired) electrons. The van der Waals surface area contributed by atoms with Gasteiger partial charge in [0.1, 0.15) is 0 Å². The zero-order valence-corrected chi connectivity index (χ0v) is 11.0. The van der Waals surface area contributed by atoms with Crippen LogP contribution in [0.2, 0.25) is 5.02 Å². The van der Waals surface area contributed by atoms with Gasteiger partial charge in [0, 0.05) is 12.7 Å². The maximum atomic E-state index is 12.1. The van der Waals surface area contributed by atoms with Crippen molar-refractivity contribution < 1.29 is 8.42 Å². The molecule has 3 N–H and O–H groups in total. The number of nitrogen functional groups attached to an aromatic ring is 1. The fourth-order valence-corrected chi connectivity index (χ4v) is 2.86. The second-order valence-corrected chi connectivity index (χ2v) is 5.67. The predicted octanol–water partition coefficient (Wildman–Crippen LogP) is 1.46. The Morgan fingerprint density at radius 1 is 1.39 bits per heavy atom. The lowest BCUT2D eigenvalue weighted by molar-refractivity contribution is 0.582. The Balaban J connectivity index is 2.40. The normalized spacial score (nSPS) is 11.4. The largest absolute Gasteiger partial charge is 0.399 e. The molecule has 0 amide bonds. The van der Waals surface area contributed by atoms with E-state index in [0.29, 0.717) is 5.69 Å². The van der Waals surface area contributed by atoms with E-state index in [0.717, 1.165) is 0 Å². The summed E-state index contributed by atoms with van der Waals surface area (Å²) in [6.45, 7) is 0. The highest BCUT2D eigenvalue weighted by Crippen LogP contribution is 2.26. The zero-order valence-electron chi connectivity index (χ0n) is 9.46. The first-order valence-electron chi connectivity index (χ1n) is 4.96. The molecule has 18 heavy (non-hydrogen) atoms. The number of sulfonamides is 1. The van der Waals surface area contributed by atoms with Gasteiger partial charge in [0.15, 0.2) is 5.03 Å². The van der Waals surface area contributed by atoms with Crippen molar-refractivity contribution in [1.82, 2.24) is 9.78 Å². The molecule has 0 aliphatic heterocycles. The second-order valence-electron chi connectivity index (χ2n) is 3.64. The Hall–Kier alpha value is -1.73. The summed E-state index contributed by atoms with van der Waals surface area (Å²) in [6.07, 6.45) is 1.40. The number of nitrogens with two attached hydrogens (primary N) is 1. The zero-order chi connectivity index (χ0) is 13.3. The Morgan fingerprint density at radius 2 is 2.11 bits per heavy atom. The van der Waals surface area contributed by atoms with Crippen LogP contribution in [-0.4, -0.2) is 18.2 Å². The van der Waals surface area contributed by atoms with E-state index in [4.69, 9.17) is 17.3 Å². The molecule has 1 heterocycles. The number of aryl methyl sites for hydroxylation is 1. The van der Waals surface area contributed by atoms with Crippen LogP contribution in [0.25, 0.3) is 0 Å². The maximum absolute atomic E-state index is 12.1. The van der Waals surface area contributed by atoms with Crippen LogP contribution < -0.4 is 10.5 Å². The fourth-order valence-electron chi connectivity index (χ4n) is 1.44. The first kappa shape index (κ1) is 12.7. The molecular formula is C10H11ClN4O2S. The van der Waals surface area contributed by atoms with Gasteiger partial charge in [0.2, 0.25) is 0 Å². The molecule has 2 rings (SSSR count). The van der Waals surface area contributed by atoms with Gasteiger partial charge in [-0.3, -0.25) is 9.40 Å². The summed E-state index contributed by atoms with van der Waals surface area (Å²) in [7, 11) is -2.19. The van der Waals surface area contributed by atoms with Crippen LogP contribution in [0.1, 0.15) is 0 Å². The predicted molar refractivity (Wildman–Crippen MR) is 69.9 cm³/mol. The van der Waals surface area contributed by atoms with Gasteiger partial charge < -0.3 is 5.73 Å². The Kier molecular flexibility index (Phi) is 3.18. The molecule has 0 saturated carbocycles. The van der Waals surface area contributed by atoms with Crippen LogP contribution in [-0.2, 0) is 17.1 Å². The number of hydrogen-bond acceptors (Lipinski definition) is 4. The van der Waals surface area contributed by atoms with Crippen molar-refractivity contribution in [3.63, 3.8) is 0 Å². The summed E-state index contributed by atoms with van der Waals surface area (Å²) >= 11 is 5.90. The van der Waals surface area contributed by atoms with Gasteiger partial charge >= 0.3 is 0 Å². The number of nitrogens with zero attached hydrogens (tertiary/aromatic N) is 2. The Morgan fingerprint density at radius 3 is 2.72 bits per heavy atom. The standard InChI is InChI=1S/C10H11ClN4O2S/c1-15-10(4-5-13-15)18(16,17)14-9-6-7(12)2-3-8(9)11/h2-6,14H,12H2,1H3. The number of aromatic nitrogens is 2. The summed E-state index contributed by atoms with van der Waals surface area (Å²) in [5.74, 6) is 0. The molecular weight excluding hydrogens is 276 g/mol. The lowest BCUT2D eigenvalue weighted by atomic mass is 10.3. The number of rotatable bonds is 3. The molecule has 0 atom stereocenters. The third-order valence-electron chi connectivity index (χ3n) is 2.29. The smallest absolute Gasteiger partial charge is 0.279 e. The third kappa shape index (κ3) is 2.41. The number of halogens is 1. The number of nitrogens with one attached hydrogen (secondary N) is 1. The highest BCUT2D eigenvalue weighted by atomic mass is 35.5. The van der Waals surface area contributed by atoms with E-state index in [2.05, 4.69) is 9.82 Å². The van der Waals surface area contributed by atoms with E-state index in [1.807, 2.05) is 0 Å². The van der Waals surface area contributed by atoms with Crippen LogP contribution in [0.5, 0.6) is 0 Å². The average molecular weight is 287 g/mol. The van der Waals surface area contributed by atoms with Crippen molar-refractivity contribution in [2.45, 2.75) is 5.03 Å². The third-order valence-corrected chi connectivity index (χ3v) is 4.06.